The van der Waals surface area contributed by atoms with Crippen LogP contribution in [0.15, 0.2) is 109 Å². The van der Waals surface area contributed by atoms with Gasteiger partial charge in [0.2, 0.25) is 0 Å². The normalized spacial score (nSPS) is 15.4. The minimum atomic E-state index is -0.171. The summed E-state index contributed by atoms with van der Waals surface area (Å²) in [7, 11) is 0. The van der Waals surface area contributed by atoms with E-state index in [4.69, 9.17) is 0 Å². The van der Waals surface area contributed by atoms with Gasteiger partial charge < -0.3 is 9.47 Å². The van der Waals surface area contributed by atoms with Crippen LogP contribution in [0.3, 0.4) is 0 Å². The van der Waals surface area contributed by atoms with Gasteiger partial charge in [0, 0.05) is 38.7 Å². The fourth-order valence-electron chi connectivity index (χ4n) is 8.44. The van der Waals surface area contributed by atoms with E-state index >= 15 is 0 Å². The fraction of sp³-hybridized carbons (Fsp3) is 0.190. The number of anilines is 3. The summed E-state index contributed by atoms with van der Waals surface area (Å²) in [5.74, 6) is 0. The molecule has 3 heterocycles. The molecule has 0 radical (unpaired) electrons. The van der Waals surface area contributed by atoms with E-state index in [0.29, 0.717) is 0 Å². The minimum Gasteiger partial charge on any atom is -0.310 e. The van der Waals surface area contributed by atoms with E-state index in [-0.39, 0.29) is 10.8 Å². The summed E-state index contributed by atoms with van der Waals surface area (Å²) in [6.45, 7) is 14.0. The van der Waals surface area contributed by atoms with Crippen LogP contribution >= 0.6 is 0 Å². The van der Waals surface area contributed by atoms with Gasteiger partial charge in [-0.25, -0.2) is 0 Å². The van der Waals surface area contributed by atoms with E-state index in [9.17, 15) is 0 Å². The number of aryl methyl sites for hydroxylation is 2. The standard InChI is InChI=1S/C42H36N2/c1-25-19-26(2)21-30(20-25)43(29-18-17-27-11-7-8-12-28(27)22-29)31-23-33-32-13-9-14-34-38(32)44-39(33)37(24-31)42(5,6)36-16-10-15-35(40(36)44)41(34,3)4/h7-24H,1-6H3. The third-order valence-corrected chi connectivity index (χ3v) is 10.5. The molecule has 2 heteroatoms. The average Bonchev–Trinajstić information content (AvgIpc) is 3.33. The molecule has 0 atom stereocenters. The van der Waals surface area contributed by atoms with Crippen molar-refractivity contribution in [3.05, 3.63) is 143 Å². The van der Waals surface area contributed by atoms with Gasteiger partial charge in [-0.1, -0.05) is 100 Å². The highest BCUT2D eigenvalue weighted by Gasteiger charge is 2.43. The van der Waals surface area contributed by atoms with Crippen molar-refractivity contribution in [2.75, 3.05) is 4.90 Å². The average molecular weight is 569 g/mol. The van der Waals surface area contributed by atoms with Crippen LogP contribution in [0.25, 0.3) is 38.3 Å². The second-order valence-corrected chi connectivity index (χ2v) is 14.1. The molecule has 7 aromatic rings. The molecule has 2 nitrogen and oxygen atoms in total. The number of aromatic nitrogens is 1. The van der Waals surface area contributed by atoms with Gasteiger partial charge in [0.15, 0.2) is 0 Å². The summed E-state index contributed by atoms with van der Waals surface area (Å²) in [6.07, 6.45) is 0. The summed E-state index contributed by atoms with van der Waals surface area (Å²) in [6, 6.07) is 41.3. The van der Waals surface area contributed by atoms with Crippen LogP contribution in [0.5, 0.6) is 0 Å². The smallest absolute Gasteiger partial charge is 0.0583 e. The van der Waals surface area contributed by atoms with Crippen LogP contribution in [0.4, 0.5) is 17.1 Å². The molecule has 44 heavy (non-hydrogen) atoms. The fourth-order valence-corrected chi connectivity index (χ4v) is 8.44. The Morgan fingerprint density at radius 1 is 0.477 bits per heavy atom. The number of benzene rings is 6. The van der Waals surface area contributed by atoms with Crippen LogP contribution in [-0.4, -0.2) is 4.57 Å². The van der Waals surface area contributed by atoms with Gasteiger partial charge in [-0.05, 0) is 94.4 Å². The third-order valence-electron chi connectivity index (χ3n) is 10.5. The van der Waals surface area contributed by atoms with Gasteiger partial charge in [0.05, 0.1) is 16.7 Å². The lowest BCUT2D eigenvalue weighted by Gasteiger charge is -2.42. The van der Waals surface area contributed by atoms with Crippen LogP contribution in [-0.2, 0) is 10.8 Å². The molecule has 214 valence electrons. The first-order chi connectivity index (χ1) is 21.1. The van der Waals surface area contributed by atoms with E-state index in [0.717, 1.165) is 0 Å². The highest BCUT2D eigenvalue weighted by atomic mass is 15.1. The first kappa shape index (κ1) is 25.7. The lowest BCUT2D eigenvalue weighted by atomic mass is 9.68. The Morgan fingerprint density at radius 3 is 1.84 bits per heavy atom. The highest BCUT2D eigenvalue weighted by Crippen LogP contribution is 2.56. The summed E-state index contributed by atoms with van der Waals surface area (Å²) >= 11 is 0. The second-order valence-electron chi connectivity index (χ2n) is 14.1. The zero-order chi connectivity index (χ0) is 30.1. The minimum absolute atomic E-state index is 0.0815. The lowest BCUT2D eigenvalue weighted by molar-refractivity contribution is 0.593. The molecule has 0 N–H and O–H groups in total. The maximum atomic E-state index is 2.61. The predicted molar refractivity (Wildman–Crippen MR) is 187 cm³/mol. The summed E-state index contributed by atoms with van der Waals surface area (Å²) in [4.78, 5) is 2.47. The molecule has 0 bridgehead atoms. The Hall–Kier alpha value is -4.82. The number of hydrogen-bond acceptors (Lipinski definition) is 1. The van der Waals surface area contributed by atoms with E-state index < -0.39 is 0 Å². The number of rotatable bonds is 3. The van der Waals surface area contributed by atoms with Crippen molar-refractivity contribution >= 4 is 49.6 Å². The largest absolute Gasteiger partial charge is 0.310 e. The number of fused-ring (bicyclic) bond motifs is 2. The Morgan fingerprint density at radius 2 is 1.09 bits per heavy atom. The molecule has 9 rings (SSSR count). The lowest BCUT2D eigenvalue weighted by Crippen LogP contribution is -2.33. The molecule has 6 aromatic carbocycles. The number of nitrogens with zero attached hydrogens (tertiary/aromatic N) is 2. The summed E-state index contributed by atoms with van der Waals surface area (Å²) < 4.78 is 2.61. The second kappa shape index (κ2) is 8.42. The SMILES string of the molecule is Cc1cc(C)cc(N(c2ccc3ccccc3c2)c2cc3c4c(c2)c2cccc5c2n4-c2c(cccc2C3(C)C)C5(C)C)c1. The van der Waals surface area contributed by atoms with Gasteiger partial charge in [-0.15, -0.1) is 0 Å². The summed E-state index contributed by atoms with van der Waals surface area (Å²) in [5.41, 5.74) is 15.6. The van der Waals surface area contributed by atoms with Gasteiger partial charge in [0.25, 0.3) is 0 Å². The van der Waals surface area contributed by atoms with Crippen LogP contribution in [0.1, 0.15) is 61.1 Å². The van der Waals surface area contributed by atoms with Crippen LogP contribution in [0, 0.1) is 13.8 Å². The Bertz CT molecular complexity index is 2340. The Labute approximate surface area is 259 Å². The van der Waals surface area contributed by atoms with Crippen molar-refractivity contribution in [1.82, 2.24) is 4.57 Å². The van der Waals surface area contributed by atoms with Crippen LogP contribution in [0.2, 0.25) is 0 Å². The summed E-state index contributed by atoms with van der Waals surface area (Å²) in [5, 5.41) is 5.17. The molecule has 0 spiro atoms. The molecule has 2 aliphatic heterocycles. The monoisotopic (exact) mass is 568 g/mol. The van der Waals surface area contributed by atoms with Gasteiger partial charge in [-0.2, -0.15) is 0 Å². The first-order valence-corrected chi connectivity index (χ1v) is 15.8. The molecule has 0 aliphatic carbocycles. The van der Waals surface area contributed by atoms with E-state index in [1.54, 1.807) is 0 Å². The van der Waals surface area contributed by atoms with Gasteiger partial charge in [-0.3, -0.25) is 0 Å². The van der Waals surface area contributed by atoms with Gasteiger partial charge >= 0.3 is 0 Å². The third kappa shape index (κ3) is 3.21. The zero-order valence-electron chi connectivity index (χ0n) is 26.3. The highest BCUT2D eigenvalue weighted by molar-refractivity contribution is 6.15. The van der Waals surface area contributed by atoms with Crippen molar-refractivity contribution in [3.8, 4) is 5.69 Å². The van der Waals surface area contributed by atoms with Crippen molar-refractivity contribution < 1.29 is 0 Å². The van der Waals surface area contributed by atoms with Crippen molar-refractivity contribution in [1.29, 1.82) is 0 Å². The predicted octanol–water partition coefficient (Wildman–Crippen LogP) is 11.3. The van der Waals surface area contributed by atoms with Crippen LogP contribution < -0.4 is 4.90 Å². The molecule has 2 aliphatic rings. The number of hydrogen-bond donors (Lipinski definition) is 0. The van der Waals surface area contributed by atoms with Gasteiger partial charge in [0.1, 0.15) is 0 Å². The molecular weight excluding hydrogens is 532 g/mol. The topological polar surface area (TPSA) is 8.17 Å². The van der Waals surface area contributed by atoms with Crippen molar-refractivity contribution in [3.63, 3.8) is 0 Å². The Kier molecular flexibility index (Phi) is 4.91. The molecule has 0 saturated carbocycles. The van der Waals surface area contributed by atoms with E-state index in [1.807, 2.05) is 0 Å². The zero-order valence-corrected chi connectivity index (χ0v) is 26.3. The van der Waals surface area contributed by atoms with Crippen molar-refractivity contribution in [2.45, 2.75) is 52.4 Å². The van der Waals surface area contributed by atoms with Crippen molar-refractivity contribution in [2.24, 2.45) is 0 Å². The number of para-hydroxylation sites is 2. The molecule has 0 saturated heterocycles. The Balaban J connectivity index is 1.43. The molecular formula is C42H36N2. The molecule has 0 amide bonds. The van der Waals surface area contributed by atoms with E-state index in [1.165, 1.54) is 88.7 Å². The first-order valence-electron chi connectivity index (χ1n) is 15.8. The molecule has 0 fully saturated rings. The van der Waals surface area contributed by atoms with E-state index in [2.05, 4.69) is 160 Å². The molecule has 0 unspecified atom stereocenters. The molecule has 1 aromatic heterocycles. The maximum absolute atomic E-state index is 2.61. The maximum Gasteiger partial charge on any atom is 0.0583 e. The quantitative estimate of drug-likeness (QED) is 0.206.